The number of pyridine rings is 1. The fourth-order valence-electron chi connectivity index (χ4n) is 5.59. The lowest BCUT2D eigenvalue weighted by molar-refractivity contribution is -0.661. The first-order valence-electron chi connectivity index (χ1n) is 12.3. The standard InChI is InChI=1S/C33H28FN2/c1-22-18-23(2)29(24(3)19-22)21-35-16-17-36-30-15-14-27(34)20-28(30)31(25-10-6-4-7-11-25)32(33(35)36)26-12-8-5-9-13-26/h4-20H,21H2,1-3H3/q+1. The number of aryl methyl sites for hydroxylation is 3. The number of benzene rings is 4. The van der Waals surface area contributed by atoms with Crippen LogP contribution in [0.15, 0.2) is 103 Å². The van der Waals surface area contributed by atoms with E-state index in [0.29, 0.717) is 0 Å². The molecule has 2 nitrogen and oxygen atoms in total. The second-order valence-corrected chi connectivity index (χ2v) is 9.64. The highest BCUT2D eigenvalue weighted by atomic mass is 19.1. The Kier molecular flexibility index (Phi) is 5.41. The predicted octanol–water partition coefficient (Wildman–Crippen LogP) is 7.83. The van der Waals surface area contributed by atoms with E-state index in [1.54, 1.807) is 12.1 Å². The van der Waals surface area contributed by atoms with Crippen molar-refractivity contribution in [1.82, 2.24) is 4.40 Å². The third-order valence-electron chi connectivity index (χ3n) is 7.15. The molecule has 0 unspecified atom stereocenters. The van der Waals surface area contributed by atoms with Crippen LogP contribution in [0.5, 0.6) is 0 Å². The Morgan fingerprint density at radius 2 is 1.33 bits per heavy atom. The van der Waals surface area contributed by atoms with Gasteiger partial charge in [-0.3, -0.25) is 0 Å². The van der Waals surface area contributed by atoms with Gasteiger partial charge in [-0.05, 0) is 66.8 Å². The van der Waals surface area contributed by atoms with Crippen LogP contribution in [0, 0.1) is 26.6 Å². The zero-order valence-corrected chi connectivity index (χ0v) is 20.8. The van der Waals surface area contributed by atoms with Crippen molar-refractivity contribution in [1.29, 1.82) is 0 Å². The summed E-state index contributed by atoms with van der Waals surface area (Å²) in [5, 5.41) is 0.901. The first-order chi connectivity index (χ1) is 17.5. The third kappa shape index (κ3) is 3.68. The van der Waals surface area contributed by atoms with Crippen molar-refractivity contribution in [2.45, 2.75) is 27.3 Å². The number of fused-ring (bicyclic) bond motifs is 3. The monoisotopic (exact) mass is 471 g/mol. The van der Waals surface area contributed by atoms with Crippen LogP contribution in [0.1, 0.15) is 22.3 Å². The Bertz CT molecular complexity index is 1710. The minimum absolute atomic E-state index is 0.232. The van der Waals surface area contributed by atoms with Crippen molar-refractivity contribution in [3.05, 3.63) is 131 Å². The van der Waals surface area contributed by atoms with Crippen LogP contribution in [0.25, 0.3) is 38.8 Å². The van der Waals surface area contributed by atoms with E-state index in [1.807, 2.05) is 30.3 Å². The Morgan fingerprint density at radius 1 is 0.722 bits per heavy atom. The molecule has 6 rings (SSSR count). The second-order valence-electron chi connectivity index (χ2n) is 9.64. The number of aromatic nitrogens is 2. The molecule has 2 aromatic heterocycles. The summed E-state index contributed by atoms with van der Waals surface area (Å²) in [6, 6.07) is 30.4. The van der Waals surface area contributed by atoms with Crippen LogP contribution >= 0.6 is 0 Å². The molecule has 0 aliphatic rings. The van der Waals surface area contributed by atoms with E-state index >= 15 is 0 Å². The summed E-state index contributed by atoms with van der Waals surface area (Å²) in [5.74, 6) is -0.232. The summed E-state index contributed by atoms with van der Waals surface area (Å²) >= 11 is 0. The zero-order chi connectivity index (χ0) is 24.8. The molecule has 2 heterocycles. The van der Waals surface area contributed by atoms with Gasteiger partial charge in [-0.2, -0.15) is 4.40 Å². The van der Waals surface area contributed by atoms with Crippen LogP contribution in [-0.4, -0.2) is 4.40 Å². The smallest absolute Gasteiger partial charge is 0.225 e. The van der Waals surface area contributed by atoms with Crippen LogP contribution in [0.3, 0.4) is 0 Å². The SMILES string of the molecule is Cc1cc(C)c(C[n+]2ccn3c4ccc(F)cc4c(-c4ccccc4)c(-c4ccccc4)c32)c(C)c1. The van der Waals surface area contributed by atoms with Gasteiger partial charge in [0.05, 0.1) is 5.56 Å². The highest BCUT2D eigenvalue weighted by molar-refractivity contribution is 6.07. The van der Waals surface area contributed by atoms with Crippen LogP contribution < -0.4 is 4.57 Å². The average molecular weight is 472 g/mol. The highest BCUT2D eigenvalue weighted by Gasteiger charge is 2.26. The third-order valence-corrected chi connectivity index (χ3v) is 7.15. The molecule has 0 spiro atoms. The summed E-state index contributed by atoms with van der Waals surface area (Å²) in [6.45, 7) is 7.30. The number of nitrogens with zero attached hydrogens (tertiary/aromatic N) is 2. The molecule has 0 fully saturated rings. The zero-order valence-electron chi connectivity index (χ0n) is 20.8. The normalized spacial score (nSPS) is 11.4. The minimum atomic E-state index is -0.232. The van der Waals surface area contributed by atoms with E-state index in [9.17, 15) is 4.39 Å². The van der Waals surface area contributed by atoms with Crippen LogP contribution in [0.4, 0.5) is 4.39 Å². The quantitative estimate of drug-likeness (QED) is 0.232. The van der Waals surface area contributed by atoms with Gasteiger partial charge in [0.2, 0.25) is 0 Å². The number of halogens is 1. The molecule has 0 aliphatic heterocycles. The summed E-state index contributed by atoms with van der Waals surface area (Å²) in [6.07, 6.45) is 4.26. The summed E-state index contributed by atoms with van der Waals surface area (Å²) in [4.78, 5) is 0. The van der Waals surface area contributed by atoms with E-state index < -0.39 is 0 Å². The topological polar surface area (TPSA) is 8.29 Å². The van der Waals surface area contributed by atoms with Crippen molar-refractivity contribution in [3.63, 3.8) is 0 Å². The maximum atomic E-state index is 14.7. The van der Waals surface area contributed by atoms with Gasteiger partial charge >= 0.3 is 0 Å². The molecule has 0 aliphatic carbocycles. The van der Waals surface area contributed by atoms with Gasteiger partial charge in [0, 0.05) is 10.9 Å². The van der Waals surface area contributed by atoms with Crippen molar-refractivity contribution < 1.29 is 8.96 Å². The fraction of sp³-hybridized carbons (Fsp3) is 0.121. The van der Waals surface area contributed by atoms with Gasteiger partial charge in [0.15, 0.2) is 0 Å². The maximum absolute atomic E-state index is 14.7. The van der Waals surface area contributed by atoms with Gasteiger partial charge < -0.3 is 0 Å². The van der Waals surface area contributed by atoms with Gasteiger partial charge in [-0.1, -0.05) is 78.4 Å². The Balaban J connectivity index is 1.76. The van der Waals surface area contributed by atoms with Gasteiger partial charge in [0.1, 0.15) is 30.3 Å². The van der Waals surface area contributed by atoms with Crippen molar-refractivity contribution in [3.8, 4) is 22.3 Å². The molecular formula is C33H28FN2+. The van der Waals surface area contributed by atoms with E-state index in [0.717, 1.165) is 45.3 Å². The fourth-order valence-corrected chi connectivity index (χ4v) is 5.59. The highest BCUT2D eigenvalue weighted by Crippen LogP contribution is 2.40. The van der Waals surface area contributed by atoms with E-state index in [4.69, 9.17) is 0 Å². The van der Waals surface area contributed by atoms with Gasteiger partial charge in [-0.15, -0.1) is 0 Å². The van der Waals surface area contributed by atoms with Gasteiger partial charge in [0.25, 0.3) is 5.65 Å². The number of rotatable bonds is 4. The molecule has 6 aromatic rings. The van der Waals surface area contributed by atoms with Gasteiger partial charge in [-0.25, -0.2) is 8.96 Å². The number of imidazole rings is 1. The van der Waals surface area contributed by atoms with Crippen molar-refractivity contribution >= 4 is 16.6 Å². The van der Waals surface area contributed by atoms with Crippen molar-refractivity contribution in [2.75, 3.05) is 0 Å². The molecule has 0 radical (unpaired) electrons. The van der Waals surface area contributed by atoms with E-state index in [2.05, 4.69) is 90.7 Å². The molecule has 176 valence electrons. The number of hydrogen-bond acceptors (Lipinski definition) is 0. The Hall–Kier alpha value is -4.24. The molecule has 3 heteroatoms. The first-order valence-corrected chi connectivity index (χ1v) is 12.3. The van der Waals surface area contributed by atoms with Crippen LogP contribution in [-0.2, 0) is 6.54 Å². The summed E-state index contributed by atoms with van der Waals surface area (Å²) in [7, 11) is 0. The molecule has 36 heavy (non-hydrogen) atoms. The first kappa shape index (κ1) is 22.2. The van der Waals surface area contributed by atoms with Crippen molar-refractivity contribution in [2.24, 2.45) is 0 Å². The van der Waals surface area contributed by atoms with Crippen LogP contribution in [0.2, 0.25) is 0 Å². The Labute approximate surface area is 210 Å². The molecule has 0 N–H and O–H groups in total. The lowest BCUT2D eigenvalue weighted by Crippen LogP contribution is -2.34. The largest absolute Gasteiger partial charge is 0.295 e. The Morgan fingerprint density at radius 3 is 1.97 bits per heavy atom. The second kappa shape index (κ2) is 8.76. The number of hydrogen-bond donors (Lipinski definition) is 0. The summed E-state index contributed by atoms with van der Waals surface area (Å²) < 4.78 is 19.2. The molecule has 4 aromatic carbocycles. The molecule has 0 saturated carbocycles. The van der Waals surface area contributed by atoms with E-state index in [1.165, 1.54) is 22.3 Å². The lowest BCUT2D eigenvalue weighted by Gasteiger charge is -2.15. The van der Waals surface area contributed by atoms with E-state index in [-0.39, 0.29) is 5.82 Å². The molecule has 0 saturated heterocycles. The molecule has 0 atom stereocenters. The average Bonchev–Trinajstić information content (AvgIpc) is 3.29. The molecule has 0 bridgehead atoms. The minimum Gasteiger partial charge on any atom is -0.225 e. The molecule has 0 amide bonds. The summed E-state index contributed by atoms with van der Waals surface area (Å²) in [5.41, 5.74) is 11.6. The lowest BCUT2D eigenvalue weighted by atomic mass is 9.91. The predicted molar refractivity (Wildman–Crippen MR) is 146 cm³/mol. The molecular weight excluding hydrogens is 443 g/mol. The maximum Gasteiger partial charge on any atom is 0.295 e.